The monoisotopic (exact) mass is 341 g/mol. The molecule has 1 nitrogen and oxygen atoms in total. The van der Waals surface area contributed by atoms with E-state index in [-0.39, 0.29) is 11.2 Å². The van der Waals surface area contributed by atoms with Crippen molar-refractivity contribution in [2.45, 2.75) is 58.4 Å². The van der Waals surface area contributed by atoms with Gasteiger partial charge in [0.2, 0.25) is 0 Å². The molecule has 0 radical (unpaired) electrons. The van der Waals surface area contributed by atoms with E-state index in [4.69, 9.17) is 0 Å². The highest BCUT2D eigenvalue weighted by molar-refractivity contribution is 9.10. The topological polar surface area (TPSA) is 12.0 Å². The Morgan fingerprint density at radius 2 is 2.00 bits per heavy atom. The highest BCUT2D eigenvalue weighted by Crippen LogP contribution is 2.57. The van der Waals surface area contributed by atoms with Gasteiger partial charge < -0.3 is 5.32 Å². The van der Waals surface area contributed by atoms with E-state index >= 15 is 0 Å². The minimum Gasteiger partial charge on any atom is -0.313 e. The highest BCUT2D eigenvalue weighted by Gasteiger charge is 2.53. The average molecular weight is 342 g/mol. The number of hydrogen-bond acceptors (Lipinski definition) is 1. The molecule has 0 aliphatic heterocycles. The zero-order valence-electron chi connectivity index (χ0n) is 12.7. The molecule has 1 fully saturated rings. The molecule has 1 N–H and O–H groups in total. The van der Waals surface area contributed by atoms with Crippen LogP contribution in [0.15, 0.2) is 22.7 Å². The molecule has 112 valence electrons. The normalized spacial score (nSPS) is 24.4. The quantitative estimate of drug-likeness (QED) is 0.744. The van der Waals surface area contributed by atoms with Gasteiger partial charge in [0.1, 0.15) is 5.82 Å². The van der Waals surface area contributed by atoms with Crippen molar-refractivity contribution < 1.29 is 4.39 Å². The van der Waals surface area contributed by atoms with E-state index in [1.54, 1.807) is 6.07 Å². The molecule has 0 spiro atoms. The van der Waals surface area contributed by atoms with Gasteiger partial charge in [0.25, 0.3) is 0 Å². The van der Waals surface area contributed by atoms with E-state index in [1.807, 2.05) is 12.1 Å². The van der Waals surface area contributed by atoms with Crippen LogP contribution in [0.4, 0.5) is 4.39 Å². The van der Waals surface area contributed by atoms with Crippen molar-refractivity contribution >= 4 is 15.9 Å². The van der Waals surface area contributed by atoms with Crippen molar-refractivity contribution in [2.24, 2.45) is 5.41 Å². The molecule has 1 aliphatic rings. The number of hydrogen-bond donors (Lipinski definition) is 1. The Bertz CT molecular complexity index is 456. The molecular weight excluding hydrogens is 317 g/mol. The van der Waals surface area contributed by atoms with Crippen molar-refractivity contribution in [1.82, 2.24) is 5.32 Å². The summed E-state index contributed by atoms with van der Waals surface area (Å²) in [4.78, 5) is 0. The average Bonchev–Trinajstić information content (AvgIpc) is 2.41. The Hall–Kier alpha value is -0.410. The van der Waals surface area contributed by atoms with Gasteiger partial charge in [-0.3, -0.25) is 0 Å². The van der Waals surface area contributed by atoms with Crippen LogP contribution >= 0.6 is 15.9 Å². The van der Waals surface area contributed by atoms with E-state index in [0.717, 1.165) is 42.3 Å². The molecule has 0 aromatic heterocycles. The van der Waals surface area contributed by atoms with Crippen LogP contribution < -0.4 is 5.32 Å². The summed E-state index contributed by atoms with van der Waals surface area (Å²) in [5.41, 5.74) is 1.11. The van der Waals surface area contributed by atoms with Gasteiger partial charge in [0.15, 0.2) is 0 Å². The fraction of sp³-hybridized carbons (Fsp3) is 0.647. The van der Waals surface area contributed by atoms with Crippen molar-refractivity contribution in [3.8, 4) is 0 Å². The third kappa shape index (κ3) is 2.67. The lowest BCUT2D eigenvalue weighted by Gasteiger charge is -2.57. The lowest BCUT2D eigenvalue weighted by atomic mass is 9.51. The molecule has 1 aliphatic carbocycles. The lowest BCUT2D eigenvalue weighted by Crippen LogP contribution is -2.58. The Balaban J connectivity index is 2.24. The molecule has 0 saturated heterocycles. The van der Waals surface area contributed by atoms with Crippen LogP contribution in [0.3, 0.4) is 0 Å². The molecule has 2 atom stereocenters. The summed E-state index contributed by atoms with van der Waals surface area (Å²) >= 11 is 3.34. The Morgan fingerprint density at radius 3 is 2.55 bits per heavy atom. The van der Waals surface area contributed by atoms with Gasteiger partial charge >= 0.3 is 0 Å². The number of halogens is 2. The molecule has 20 heavy (non-hydrogen) atoms. The molecule has 1 saturated carbocycles. The van der Waals surface area contributed by atoms with Gasteiger partial charge in [-0.2, -0.15) is 0 Å². The molecule has 0 heterocycles. The SMILES string of the molecule is CCCNC1CC(c2ccc(Br)cc2F)C1(CC)CC. The van der Waals surface area contributed by atoms with Crippen LogP contribution in [-0.4, -0.2) is 12.6 Å². The summed E-state index contributed by atoms with van der Waals surface area (Å²) in [5.74, 6) is 0.282. The van der Waals surface area contributed by atoms with Gasteiger partial charge in [0, 0.05) is 10.5 Å². The molecule has 2 rings (SSSR count). The Kier molecular flexibility index (Phi) is 5.25. The first kappa shape index (κ1) is 16.0. The first-order chi connectivity index (χ1) is 9.58. The third-order valence-electron chi connectivity index (χ3n) is 5.15. The lowest BCUT2D eigenvalue weighted by molar-refractivity contribution is 0.0184. The molecule has 2 unspecified atom stereocenters. The summed E-state index contributed by atoms with van der Waals surface area (Å²) in [5, 5.41) is 3.66. The predicted octanol–water partition coefficient (Wildman–Crippen LogP) is 5.25. The fourth-order valence-electron chi connectivity index (χ4n) is 3.85. The predicted molar refractivity (Wildman–Crippen MR) is 86.6 cm³/mol. The summed E-state index contributed by atoms with van der Waals surface area (Å²) in [6.45, 7) is 7.74. The minimum absolute atomic E-state index is 0.0652. The minimum atomic E-state index is -0.0652. The van der Waals surface area contributed by atoms with Crippen molar-refractivity contribution in [3.05, 3.63) is 34.1 Å². The molecular formula is C17H25BrFN. The first-order valence-corrected chi connectivity index (χ1v) is 8.56. The molecule has 3 heteroatoms. The molecule has 1 aromatic carbocycles. The standard InChI is InChI=1S/C17H25BrFN/c1-4-9-20-16-11-14(17(16,5-2)6-3)13-8-7-12(18)10-15(13)19/h7-8,10,14,16,20H,4-6,9,11H2,1-3H3. The summed E-state index contributed by atoms with van der Waals surface area (Å²) in [7, 11) is 0. The van der Waals surface area contributed by atoms with E-state index in [9.17, 15) is 4.39 Å². The smallest absolute Gasteiger partial charge is 0.127 e. The van der Waals surface area contributed by atoms with E-state index in [1.165, 1.54) is 0 Å². The zero-order valence-corrected chi connectivity index (χ0v) is 14.3. The van der Waals surface area contributed by atoms with Crippen molar-refractivity contribution in [2.75, 3.05) is 6.54 Å². The van der Waals surface area contributed by atoms with Crippen LogP contribution in [0.1, 0.15) is 57.9 Å². The number of rotatable bonds is 6. The Morgan fingerprint density at radius 1 is 1.30 bits per heavy atom. The van der Waals surface area contributed by atoms with Crippen molar-refractivity contribution in [3.63, 3.8) is 0 Å². The van der Waals surface area contributed by atoms with Gasteiger partial charge in [-0.05, 0) is 61.3 Å². The zero-order chi connectivity index (χ0) is 14.8. The Labute approximate surface area is 130 Å². The maximum Gasteiger partial charge on any atom is 0.127 e. The third-order valence-corrected chi connectivity index (χ3v) is 5.65. The van der Waals surface area contributed by atoms with E-state index in [2.05, 4.69) is 42.0 Å². The van der Waals surface area contributed by atoms with Gasteiger partial charge in [-0.1, -0.05) is 42.8 Å². The second-order valence-electron chi connectivity index (χ2n) is 5.90. The highest BCUT2D eigenvalue weighted by atomic mass is 79.9. The van der Waals surface area contributed by atoms with Gasteiger partial charge in [-0.15, -0.1) is 0 Å². The second-order valence-corrected chi connectivity index (χ2v) is 6.82. The number of nitrogens with one attached hydrogen (secondary N) is 1. The van der Waals surface area contributed by atoms with Crippen LogP contribution in [-0.2, 0) is 0 Å². The molecule has 0 bridgehead atoms. The van der Waals surface area contributed by atoms with Crippen LogP contribution in [0, 0.1) is 11.2 Å². The van der Waals surface area contributed by atoms with Crippen LogP contribution in [0.2, 0.25) is 0 Å². The van der Waals surface area contributed by atoms with Gasteiger partial charge in [-0.25, -0.2) is 4.39 Å². The second kappa shape index (κ2) is 6.57. The summed E-state index contributed by atoms with van der Waals surface area (Å²) in [6.07, 6.45) is 4.41. The van der Waals surface area contributed by atoms with Crippen LogP contribution in [0.5, 0.6) is 0 Å². The first-order valence-electron chi connectivity index (χ1n) is 7.77. The van der Waals surface area contributed by atoms with Crippen molar-refractivity contribution in [1.29, 1.82) is 0 Å². The maximum absolute atomic E-state index is 14.3. The molecule has 1 aromatic rings. The van der Waals surface area contributed by atoms with E-state index in [0.29, 0.717) is 12.0 Å². The maximum atomic E-state index is 14.3. The van der Waals surface area contributed by atoms with Crippen LogP contribution in [0.25, 0.3) is 0 Å². The summed E-state index contributed by atoms with van der Waals surface area (Å²) in [6, 6.07) is 6.05. The van der Waals surface area contributed by atoms with Gasteiger partial charge in [0.05, 0.1) is 0 Å². The fourth-order valence-corrected chi connectivity index (χ4v) is 4.18. The summed E-state index contributed by atoms with van der Waals surface area (Å²) < 4.78 is 15.1. The molecule has 0 amide bonds. The largest absolute Gasteiger partial charge is 0.313 e. The van der Waals surface area contributed by atoms with E-state index < -0.39 is 0 Å². The number of benzene rings is 1.